The lowest BCUT2D eigenvalue weighted by molar-refractivity contribution is 0.966. The standard InChI is InChI=1S/C14H17N3/c1-3-8-16-14-13(15-9-10-17-14)12-6-4-11(2)5-7-12/h4-7,9-10H,3,8H2,1-2H3,(H,16,17). The largest absolute Gasteiger partial charge is 0.368 e. The highest BCUT2D eigenvalue weighted by Gasteiger charge is 2.06. The van der Waals surface area contributed by atoms with Crippen molar-refractivity contribution in [3.05, 3.63) is 42.2 Å². The first-order chi connectivity index (χ1) is 8.31. The van der Waals surface area contributed by atoms with Gasteiger partial charge in [-0.1, -0.05) is 36.8 Å². The van der Waals surface area contributed by atoms with Crippen molar-refractivity contribution in [3.8, 4) is 11.3 Å². The minimum Gasteiger partial charge on any atom is -0.368 e. The van der Waals surface area contributed by atoms with Crippen LogP contribution in [-0.4, -0.2) is 16.5 Å². The van der Waals surface area contributed by atoms with E-state index in [2.05, 4.69) is 53.4 Å². The lowest BCUT2D eigenvalue weighted by Crippen LogP contribution is -2.04. The van der Waals surface area contributed by atoms with E-state index in [0.717, 1.165) is 30.0 Å². The first-order valence-corrected chi connectivity index (χ1v) is 5.93. The first kappa shape index (κ1) is 11.6. The number of hydrogen-bond acceptors (Lipinski definition) is 3. The van der Waals surface area contributed by atoms with Gasteiger partial charge in [0.1, 0.15) is 5.69 Å². The molecule has 0 saturated carbocycles. The number of benzene rings is 1. The maximum atomic E-state index is 4.41. The third-order valence-electron chi connectivity index (χ3n) is 2.57. The zero-order valence-corrected chi connectivity index (χ0v) is 10.3. The van der Waals surface area contributed by atoms with Crippen LogP contribution in [0, 0.1) is 6.92 Å². The van der Waals surface area contributed by atoms with E-state index >= 15 is 0 Å². The van der Waals surface area contributed by atoms with Gasteiger partial charge in [-0.2, -0.15) is 0 Å². The predicted molar refractivity (Wildman–Crippen MR) is 71.0 cm³/mol. The second-order valence-electron chi connectivity index (χ2n) is 4.05. The second kappa shape index (κ2) is 5.43. The highest BCUT2D eigenvalue weighted by Crippen LogP contribution is 2.23. The Kier molecular flexibility index (Phi) is 3.70. The van der Waals surface area contributed by atoms with Gasteiger partial charge in [-0.25, -0.2) is 4.98 Å². The number of hydrogen-bond donors (Lipinski definition) is 1. The normalized spacial score (nSPS) is 10.2. The number of aromatic nitrogens is 2. The molecule has 17 heavy (non-hydrogen) atoms. The van der Waals surface area contributed by atoms with Gasteiger partial charge in [-0.3, -0.25) is 4.98 Å². The minimum atomic E-state index is 0.859. The molecule has 0 atom stereocenters. The summed E-state index contributed by atoms with van der Waals surface area (Å²) in [6, 6.07) is 8.34. The lowest BCUT2D eigenvalue weighted by Gasteiger charge is -2.09. The molecule has 0 bridgehead atoms. The number of aryl methyl sites for hydroxylation is 1. The summed E-state index contributed by atoms with van der Waals surface area (Å²) in [7, 11) is 0. The van der Waals surface area contributed by atoms with E-state index in [1.807, 2.05) is 0 Å². The van der Waals surface area contributed by atoms with Crippen LogP contribution >= 0.6 is 0 Å². The van der Waals surface area contributed by atoms with Crippen molar-refractivity contribution in [2.45, 2.75) is 20.3 Å². The first-order valence-electron chi connectivity index (χ1n) is 5.93. The third-order valence-corrected chi connectivity index (χ3v) is 2.57. The Morgan fingerprint density at radius 1 is 1.06 bits per heavy atom. The third kappa shape index (κ3) is 2.81. The Hall–Kier alpha value is -1.90. The minimum absolute atomic E-state index is 0.859. The molecule has 1 heterocycles. The van der Waals surface area contributed by atoms with Crippen LogP contribution < -0.4 is 5.32 Å². The zero-order chi connectivity index (χ0) is 12.1. The van der Waals surface area contributed by atoms with E-state index in [4.69, 9.17) is 0 Å². The summed E-state index contributed by atoms with van der Waals surface area (Å²) < 4.78 is 0. The summed E-state index contributed by atoms with van der Waals surface area (Å²) in [4.78, 5) is 8.75. The van der Waals surface area contributed by atoms with E-state index in [1.54, 1.807) is 12.4 Å². The Bertz CT molecular complexity index is 477. The molecular weight excluding hydrogens is 210 g/mol. The van der Waals surface area contributed by atoms with Crippen LogP contribution in [0.1, 0.15) is 18.9 Å². The molecule has 3 nitrogen and oxygen atoms in total. The van der Waals surface area contributed by atoms with E-state index < -0.39 is 0 Å². The van der Waals surface area contributed by atoms with E-state index in [-0.39, 0.29) is 0 Å². The van der Waals surface area contributed by atoms with Crippen LogP contribution in [-0.2, 0) is 0 Å². The van der Waals surface area contributed by atoms with E-state index in [9.17, 15) is 0 Å². The average Bonchev–Trinajstić information content (AvgIpc) is 2.38. The highest BCUT2D eigenvalue weighted by molar-refractivity contribution is 5.71. The molecule has 0 fully saturated rings. The lowest BCUT2D eigenvalue weighted by atomic mass is 10.1. The van der Waals surface area contributed by atoms with Gasteiger partial charge in [-0.05, 0) is 13.3 Å². The molecule has 0 saturated heterocycles. The van der Waals surface area contributed by atoms with Crippen LogP contribution in [0.3, 0.4) is 0 Å². The van der Waals surface area contributed by atoms with Crippen molar-refractivity contribution < 1.29 is 0 Å². The van der Waals surface area contributed by atoms with Crippen molar-refractivity contribution in [1.82, 2.24) is 9.97 Å². The van der Waals surface area contributed by atoms with Gasteiger partial charge in [0.2, 0.25) is 0 Å². The molecule has 2 rings (SSSR count). The Balaban J connectivity index is 2.33. The quantitative estimate of drug-likeness (QED) is 0.871. The molecule has 1 aromatic heterocycles. The fraction of sp³-hybridized carbons (Fsp3) is 0.286. The molecule has 0 aliphatic heterocycles. The fourth-order valence-electron chi connectivity index (χ4n) is 1.63. The molecule has 0 amide bonds. The topological polar surface area (TPSA) is 37.8 Å². The zero-order valence-electron chi connectivity index (χ0n) is 10.3. The van der Waals surface area contributed by atoms with Crippen molar-refractivity contribution in [1.29, 1.82) is 0 Å². The monoisotopic (exact) mass is 227 g/mol. The van der Waals surface area contributed by atoms with Crippen LogP contribution in [0.25, 0.3) is 11.3 Å². The SMILES string of the molecule is CCCNc1nccnc1-c1ccc(C)cc1. The molecular formula is C14H17N3. The number of nitrogens with one attached hydrogen (secondary N) is 1. The average molecular weight is 227 g/mol. The summed E-state index contributed by atoms with van der Waals surface area (Å²) in [6.07, 6.45) is 4.52. The smallest absolute Gasteiger partial charge is 0.152 e. The summed E-state index contributed by atoms with van der Waals surface area (Å²) in [5.74, 6) is 0.859. The highest BCUT2D eigenvalue weighted by atomic mass is 15.0. The molecule has 0 radical (unpaired) electrons. The number of rotatable bonds is 4. The molecule has 0 aliphatic rings. The van der Waals surface area contributed by atoms with Gasteiger partial charge in [0, 0.05) is 24.5 Å². The maximum Gasteiger partial charge on any atom is 0.152 e. The summed E-state index contributed by atoms with van der Waals surface area (Å²) in [6.45, 7) is 5.13. The Morgan fingerprint density at radius 2 is 1.76 bits per heavy atom. The van der Waals surface area contributed by atoms with Gasteiger partial charge in [0.25, 0.3) is 0 Å². The second-order valence-corrected chi connectivity index (χ2v) is 4.05. The van der Waals surface area contributed by atoms with Gasteiger partial charge < -0.3 is 5.32 Å². The van der Waals surface area contributed by atoms with Crippen LogP contribution in [0.5, 0.6) is 0 Å². The molecule has 0 spiro atoms. The summed E-state index contributed by atoms with van der Waals surface area (Å²) >= 11 is 0. The molecule has 0 aliphatic carbocycles. The number of anilines is 1. The predicted octanol–water partition coefficient (Wildman–Crippen LogP) is 3.27. The fourth-order valence-corrected chi connectivity index (χ4v) is 1.63. The molecule has 88 valence electrons. The van der Waals surface area contributed by atoms with Crippen LogP contribution in [0.2, 0.25) is 0 Å². The number of nitrogens with zero attached hydrogens (tertiary/aromatic N) is 2. The van der Waals surface area contributed by atoms with Gasteiger partial charge in [-0.15, -0.1) is 0 Å². The molecule has 1 aromatic carbocycles. The Labute approximate surface area is 102 Å². The van der Waals surface area contributed by atoms with Crippen LogP contribution in [0.4, 0.5) is 5.82 Å². The maximum absolute atomic E-state index is 4.41. The Morgan fingerprint density at radius 3 is 2.47 bits per heavy atom. The van der Waals surface area contributed by atoms with Crippen LogP contribution in [0.15, 0.2) is 36.7 Å². The summed E-state index contributed by atoms with van der Waals surface area (Å²) in [5, 5.41) is 3.30. The van der Waals surface area contributed by atoms with Crippen molar-refractivity contribution >= 4 is 5.82 Å². The molecule has 0 unspecified atom stereocenters. The molecule has 3 heteroatoms. The van der Waals surface area contributed by atoms with Gasteiger partial charge in [0.15, 0.2) is 5.82 Å². The van der Waals surface area contributed by atoms with Crippen molar-refractivity contribution in [3.63, 3.8) is 0 Å². The van der Waals surface area contributed by atoms with E-state index in [0.29, 0.717) is 0 Å². The van der Waals surface area contributed by atoms with Crippen molar-refractivity contribution in [2.75, 3.05) is 11.9 Å². The van der Waals surface area contributed by atoms with Gasteiger partial charge >= 0.3 is 0 Å². The van der Waals surface area contributed by atoms with Gasteiger partial charge in [0.05, 0.1) is 0 Å². The molecule has 1 N–H and O–H groups in total. The molecule has 2 aromatic rings. The van der Waals surface area contributed by atoms with E-state index in [1.165, 1.54) is 5.56 Å². The summed E-state index contributed by atoms with van der Waals surface area (Å²) in [5.41, 5.74) is 3.27. The van der Waals surface area contributed by atoms with Crippen molar-refractivity contribution in [2.24, 2.45) is 0 Å².